The van der Waals surface area contributed by atoms with Crippen LogP contribution in [0.25, 0.3) is 0 Å². The highest BCUT2D eigenvalue weighted by molar-refractivity contribution is 6.03. The SMILES string of the molecule is Cc1ccccc1CNc1ccc(NC(=O)c2ccc(C(F)(F)F)cc2)nn1. The summed E-state index contributed by atoms with van der Waals surface area (Å²) in [6, 6.07) is 15.1. The van der Waals surface area contributed by atoms with Gasteiger partial charge >= 0.3 is 6.18 Å². The quantitative estimate of drug-likeness (QED) is 0.669. The molecule has 2 aromatic carbocycles. The van der Waals surface area contributed by atoms with Gasteiger partial charge in [-0.15, -0.1) is 10.2 Å². The molecule has 1 heterocycles. The third-order valence-electron chi connectivity index (χ3n) is 4.10. The maximum absolute atomic E-state index is 12.6. The monoisotopic (exact) mass is 386 g/mol. The summed E-state index contributed by atoms with van der Waals surface area (Å²) in [5, 5.41) is 13.5. The van der Waals surface area contributed by atoms with E-state index >= 15 is 0 Å². The first-order valence-corrected chi connectivity index (χ1v) is 8.43. The standard InChI is InChI=1S/C20H17F3N4O/c1-13-4-2-3-5-15(13)12-24-17-10-11-18(27-26-17)25-19(28)14-6-8-16(9-7-14)20(21,22)23/h2-11H,12H2,1H3,(H,24,26)(H,25,27,28). The van der Waals surface area contributed by atoms with Crippen LogP contribution in [0.15, 0.2) is 60.7 Å². The Bertz CT molecular complexity index is 954. The molecule has 8 heteroatoms. The molecule has 28 heavy (non-hydrogen) atoms. The van der Waals surface area contributed by atoms with E-state index < -0.39 is 17.6 Å². The second-order valence-electron chi connectivity index (χ2n) is 6.11. The number of nitrogens with zero attached hydrogens (tertiary/aromatic N) is 2. The summed E-state index contributed by atoms with van der Waals surface area (Å²) >= 11 is 0. The van der Waals surface area contributed by atoms with E-state index in [2.05, 4.69) is 20.8 Å². The molecule has 1 aromatic heterocycles. The van der Waals surface area contributed by atoms with Gasteiger partial charge in [0, 0.05) is 12.1 Å². The van der Waals surface area contributed by atoms with Crippen LogP contribution in [-0.4, -0.2) is 16.1 Å². The molecule has 0 bridgehead atoms. The van der Waals surface area contributed by atoms with Crippen molar-refractivity contribution in [3.8, 4) is 0 Å². The lowest BCUT2D eigenvalue weighted by Crippen LogP contribution is -2.14. The number of rotatable bonds is 5. The minimum atomic E-state index is -4.44. The molecule has 144 valence electrons. The van der Waals surface area contributed by atoms with Crippen LogP contribution in [0.3, 0.4) is 0 Å². The van der Waals surface area contributed by atoms with Crippen LogP contribution < -0.4 is 10.6 Å². The highest BCUT2D eigenvalue weighted by Gasteiger charge is 2.30. The highest BCUT2D eigenvalue weighted by Crippen LogP contribution is 2.29. The maximum atomic E-state index is 12.6. The molecule has 0 aliphatic rings. The lowest BCUT2D eigenvalue weighted by molar-refractivity contribution is -0.137. The molecule has 2 N–H and O–H groups in total. The van der Waals surface area contributed by atoms with E-state index in [0.717, 1.165) is 35.4 Å². The van der Waals surface area contributed by atoms with Gasteiger partial charge in [0.1, 0.15) is 5.82 Å². The molecule has 0 aliphatic heterocycles. The van der Waals surface area contributed by atoms with E-state index in [4.69, 9.17) is 0 Å². The van der Waals surface area contributed by atoms with Crippen LogP contribution >= 0.6 is 0 Å². The summed E-state index contributed by atoms with van der Waals surface area (Å²) in [6.45, 7) is 2.60. The minimum Gasteiger partial charge on any atom is -0.364 e. The number of alkyl halides is 3. The zero-order valence-electron chi connectivity index (χ0n) is 14.9. The fraction of sp³-hybridized carbons (Fsp3) is 0.150. The van der Waals surface area contributed by atoms with Crippen molar-refractivity contribution in [1.29, 1.82) is 0 Å². The van der Waals surface area contributed by atoms with Crippen molar-refractivity contribution < 1.29 is 18.0 Å². The van der Waals surface area contributed by atoms with Crippen molar-refractivity contribution in [3.05, 3.63) is 82.9 Å². The molecule has 0 radical (unpaired) electrons. The van der Waals surface area contributed by atoms with Crippen molar-refractivity contribution in [3.63, 3.8) is 0 Å². The Kier molecular flexibility index (Phi) is 5.58. The smallest absolute Gasteiger partial charge is 0.364 e. The van der Waals surface area contributed by atoms with Gasteiger partial charge in [-0.25, -0.2) is 0 Å². The molecule has 0 atom stereocenters. The Morgan fingerprint density at radius 2 is 1.57 bits per heavy atom. The first kappa shape index (κ1) is 19.3. The fourth-order valence-electron chi connectivity index (χ4n) is 2.49. The Hall–Kier alpha value is -3.42. The van der Waals surface area contributed by atoms with E-state index in [9.17, 15) is 18.0 Å². The molecule has 3 aromatic rings. The number of aryl methyl sites for hydroxylation is 1. The van der Waals surface area contributed by atoms with Crippen molar-refractivity contribution in [2.24, 2.45) is 0 Å². The first-order chi connectivity index (χ1) is 13.3. The van der Waals surface area contributed by atoms with E-state index in [1.807, 2.05) is 31.2 Å². The summed E-state index contributed by atoms with van der Waals surface area (Å²) < 4.78 is 37.7. The van der Waals surface area contributed by atoms with Crippen molar-refractivity contribution in [2.75, 3.05) is 10.6 Å². The Balaban J connectivity index is 1.59. The zero-order valence-corrected chi connectivity index (χ0v) is 14.9. The number of carbonyl (C=O) groups is 1. The number of hydrogen-bond donors (Lipinski definition) is 2. The molecule has 1 amide bonds. The van der Waals surface area contributed by atoms with Crippen molar-refractivity contribution in [1.82, 2.24) is 10.2 Å². The van der Waals surface area contributed by atoms with Crippen LogP contribution in [0.1, 0.15) is 27.0 Å². The van der Waals surface area contributed by atoms with E-state index in [1.54, 1.807) is 12.1 Å². The summed E-state index contributed by atoms with van der Waals surface area (Å²) in [7, 11) is 0. The average Bonchev–Trinajstić information content (AvgIpc) is 2.68. The molecule has 0 spiro atoms. The first-order valence-electron chi connectivity index (χ1n) is 8.43. The van der Waals surface area contributed by atoms with Gasteiger partial charge in [0.2, 0.25) is 0 Å². The van der Waals surface area contributed by atoms with Crippen LogP contribution in [0.2, 0.25) is 0 Å². The van der Waals surface area contributed by atoms with Gasteiger partial charge in [-0.05, 0) is 54.4 Å². The number of halogens is 3. The molecule has 0 saturated carbocycles. The number of benzene rings is 2. The third-order valence-corrected chi connectivity index (χ3v) is 4.10. The summed E-state index contributed by atoms with van der Waals surface area (Å²) in [6.07, 6.45) is -4.44. The van der Waals surface area contributed by atoms with Crippen LogP contribution in [0.5, 0.6) is 0 Å². The largest absolute Gasteiger partial charge is 0.416 e. The number of amides is 1. The maximum Gasteiger partial charge on any atom is 0.416 e. The molecular weight excluding hydrogens is 369 g/mol. The number of hydrogen-bond acceptors (Lipinski definition) is 4. The minimum absolute atomic E-state index is 0.0940. The molecule has 3 rings (SSSR count). The van der Waals surface area contributed by atoms with Crippen LogP contribution in [0.4, 0.5) is 24.8 Å². The number of carbonyl (C=O) groups excluding carboxylic acids is 1. The Morgan fingerprint density at radius 3 is 2.18 bits per heavy atom. The zero-order chi connectivity index (χ0) is 20.1. The average molecular weight is 386 g/mol. The van der Waals surface area contributed by atoms with Gasteiger partial charge in [0.15, 0.2) is 5.82 Å². The van der Waals surface area contributed by atoms with E-state index in [-0.39, 0.29) is 11.4 Å². The van der Waals surface area contributed by atoms with Crippen molar-refractivity contribution >= 4 is 17.5 Å². The molecular formula is C20H17F3N4O. The summed E-state index contributed by atoms with van der Waals surface area (Å²) in [5.74, 6) is 0.172. The van der Waals surface area contributed by atoms with Gasteiger partial charge in [-0.1, -0.05) is 24.3 Å². The fourth-order valence-corrected chi connectivity index (χ4v) is 2.49. The number of nitrogens with one attached hydrogen (secondary N) is 2. The third kappa shape index (κ3) is 4.85. The Morgan fingerprint density at radius 1 is 0.929 bits per heavy atom. The number of aromatic nitrogens is 2. The van der Waals surface area contributed by atoms with Gasteiger partial charge in [-0.3, -0.25) is 4.79 Å². The van der Waals surface area contributed by atoms with E-state index in [1.165, 1.54) is 0 Å². The lowest BCUT2D eigenvalue weighted by atomic mass is 10.1. The van der Waals surface area contributed by atoms with Crippen LogP contribution in [-0.2, 0) is 12.7 Å². The molecule has 0 fully saturated rings. The van der Waals surface area contributed by atoms with Crippen molar-refractivity contribution in [2.45, 2.75) is 19.6 Å². The molecule has 0 saturated heterocycles. The Labute approximate surface area is 159 Å². The molecule has 0 aliphatic carbocycles. The normalized spacial score (nSPS) is 11.1. The van der Waals surface area contributed by atoms with Crippen LogP contribution in [0, 0.1) is 6.92 Å². The predicted molar refractivity (Wildman–Crippen MR) is 99.9 cm³/mol. The second kappa shape index (κ2) is 8.08. The van der Waals surface area contributed by atoms with Gasteiger partial charge in [0.25, 0.3) is 5.91 Å². The number of anilines is 2. The lowest BCUT2D eigenvalue weighted by Gasteiger charge is -2.09. The van der Waals surface area contributed by atoms with Gasteiger partial charge in [-0.2, -0.15) is 13.2 Å². The molecule has 0 unspecified atom stereocenters. The van der Waals surface area contributed by atoms with E-state index in [0.29, 0.717) is 12.4 Å². The predicted octanol–water partition coefficient (Wildman–Crippen LogP) is 4.67. The summed E-state index contributed by atoms with van der Waals surface area (Å²) in [5.41, 5.74) is 1.57. The summed E-state index contributed by atoms with van der Waals surface area (Å²) in [4.78, 5) is 12.1. The van der Waals surface area contributed by atoms with Gasteiger partial charge < -0.3 is 10.6 Å². The van der Waals surface area contributed by atoms with Gasteiger partial charge in [0.05, 0.1) is 5.56 Å². The topological polar surface area (TPSA) is 66.9 Å². The second-order valence-corrected chi connectivity index (χ2v) is 6.11. The highest BCUT2D eigenvalue weighted by atomic mass is 19.4. The molecule has 5 nitrogen and oxygen atoms in total.